The smallest absolute Gasteiger partial charge is 0.244 e. The third kappa shape index (κ3) is 4.59. The monoisotopic (exact) mass is 343 g/mol. The van der Waals surface area contributed by atoms with Crippen LogP contribution < -0.4 is 14.2 Å². The largest absolute Gasteiger partial charge is 0.494 e. The van der Waals surface area contributed by atoms with E-state index in [1.807, 2.05) is 20.8 Å². The van der Waals surface area contributed by atoms with Gasteiger partial charge < -0.3 is 14.2 Å². The van der Waals surface area contributed by atoms with E-state index in [9.17, 15) is 8.42 Å². The summed E-state index contributed by atoms with van der Waals surface area (Å²) >= 11 is 0. The Hall–Kier alpha value is -1.31. The molecular formula is C16H25NO5S. The molecule has 1 aliphatic rings. The van der Waals surface area contributed by atoms with Gasteiger partial charge in [-0.15, -0.1) is 0 Å². The molecule has 130 valence electrons. The summed E-state index contributed by atoms with van der Waals surface area (Å²) in [6.45, 7) is 7.37. The van der Waals surface area contributed by atoms with Crippen molar-refractivity contribution in [2.75, 3.05) is 26.4 Å². The lowest BCUT2D eigenvalue weighted by Gasteiger charge is -2.17. The van der Waals surface area contributed by atoms with E-state index >= 15 is 0 Å². The minimum absolute atomic E-state index is 0.0582. The van der Waals surface area contributed by atoms with E-state index in [-0.39, 0.29) is 17.5 Å². The van der Waals surface area contributed by atoms with Gasteiger partial charge in [0.05, 0.1) is 19.3 Å². The molecule has 7 heteroatoms. The zero-order valence-corrected chi connectivity index (χ0v) is 14.7. The number of hydrogen-bond donors (Lipinski definition) is 1. The summed E-state index contributed by atoms with van der Waals surface area (Å²) in [5.41, 5.74) is 0.841. The highest BCUT2D eigenvalue weighted by Crippen LogP contribution is 2.32. The zero-order chi connectivity index (χ0) is 16.9. The van der Waals surface area contributed by atoms with Crippen LogP contribution in [0.15, 0.2) is 17.0 Å². The van der Waals surface area contributed by atoms with Crippen LogP contribution in [0.1, 0.15) is 32.3 Å². The van der Waals surface area contributed by atoms with E-state index in [1.165, 1.54) is 6.07 Å². The molecular weight excluding hydrogens is 318 g/mol. The van der Waals surface area contributed by atoms with Crippen molar-refractivity contribution in [2.45, 2.75) is 44.6 Å². The van der Waals surface area contributed by atoms with E-state index < -0.39 is 10.0 Å². The molecule has 0 radical (unpaired) electrons. The summed E-state index contributed by atoms with van der Waals surface area (Å²) < 4.78 is 44.4. The molecule has 1 aromatic rings. The molecule has 1 heterocycles. The lowest BCUT2D eigenvalue weighted by atomic mass is 10.2. The number of aryl methyl sites for hydroxylation is 1. The Morgan fingerprint density at radius 2 is 1.91 bits per heavy atom. The number of sulfonamides is 1. The molecule has 1 fully saturated rings. The van der Waals surface area contributed by atoms with Crippen LogP contribution in [0.25, 0.3) is 0 Å². The Morgan fingerprint density at radius 1 is 1.22 bits per heavy atom. The SMILES string of the molecule is CCOc1cc(S(=O)(=O)NCC2CCCO2)c(OCC)cc1C. The average Bonchev–Trinajstić information content (AvgIpc) is 3.01. The molecule has 1 atom stereocenters. The fourth-order valence-electron chi connectivity index (χ4n) is 2.52. The minimum atomic E-state index is -3.69. The number of hydrogen-bond acceptors (Lipinski definition) is 5. The number of rotatable bonds is 8. The van der Waals surface area contributed by atoms with Crippen LogP contribution >= 0.6 is 0 Å². The predicted octanol–water partition coefficient (Wildman–Crippen LogP) is 2.25. The van der Waals surface area contributed by atoms with E-state index in [2.05, 4.69) is 4.72 Å². The third-order valence-corrected chi connectivity index (χ3v) is 5.10. The Labute approximate surface area is 138 Å². The van der Waals surface area contributed by atoms with E-state index in [4.69, 9.17) is 14.2 Å². The van der Waals surface area contributed by atoms with Gasteiger partial charge in [0.2, 0.25) is 10.0 Å². The van der Waals surface area contributed by atoms with Crippen LogP contribution in [0.4, 0.5) is 0 Å². The second-order valence-corrected chi connectivity index (χ2v) is 7.15. The van der Waals surface area contributed by atoms with E-state index in [1.54, 1.807) is 6.07 Å². The molecule has 0 aliphatic carbocycles. The summed E-state index contributed by atoms with van der Waals surface area (Å²) in [6, 6.07) is 3.23. The van der Waals surface area contributed by atoms with Gasteiger partial charge in [-0.3, -0.25) is 0 Å². The highest BCUT2D eigenvalue weighted by atomic mass is 32.2. The molecule has 1 saturated heterocycles. The van der Waals surface area contributed by atoms with Gasteiger partial charge in [-0.05, 0) is 45.2 Å². The van der Waals surface area contributed by atoms with Gasteiger partial charge >= 0.3 is 0 Å². The Bertz CT molecular complexity index is 624. The van der Waals surface area contributed by atoms with Gasteiger partial charge in [-0.2, -0.15) is 0 Å². The molecule has 6 nitrogen and oxygen atoms in total. The van der Waals surface area contributed by atoms with Crippen LogP contribution in [-0.2, 0) is 14.8 Å². The van der Waals surface area contributed by atoms with Crippen LogP contribution in [0.3, 0.4) is 0 Å². The summed E-state index contributed by atoms with van der Waals surface area (Å²) in [5, 5.41) is 0. The first-order chi connectivity index (χ1) is 11.0. The van der Waals surface area contributed by atoms with Crippen LogP contribution in [0, 0.1) is 6.92 Å². The first kappa shape index (κ1) is 18.0. The molecule has 0 amide bonds. The summed E-state index contributed by atoms with van der Waals surface area (Å²) in [6.07, 6.45) is 1.78. The molecule has 0 saturated carbocycles. The highest BCUT2D eigenvalue weighted by Gasteiger charge is 2.24. The standard InChI is InChI=1S/C16H25NO5S/c1-4-20-14-10-16(15(21-5-2)9-12(14)3)23(18,19)17-11-13-7-6-8-22-13/h9-10,13,17H,4-8,11H2,1-3H3. The zero-order valence-electron chi connectivity index (χ0n) is 13.9. The van der Waals surface area contributed by atoms with Crippen LogP contribution in [-0.4, -0.2) is 40.9 Å². The predicted molar refractivity (Wildman–Crippen MR) is 87.7 cm³/mol. The van der Waals surface area contributed by atoms with Gasteiger partial charge in [0, 0.05) is 19.2 Å². The summed E-state index contributed by atoms with van der Waals surface area (Å²) in [5.74, 6) is 0.890. The average molecular weight is 343 g/mol. The fraction of sp³-hybridized carbons (Fsp3) is 0.625. The first-order valence-corrected chi connectivity index (χ1v) is 9.47. The van der Waals surface area contributed by atoms with Gasteiger partial charge in [0.1, 0.15) is 16.4 Å². The molecule has 23 heavy (non-hydrogen) atoms. The van der Waals surface area contributed by atoms with Crippen molar-refractivity contribution < 1.29 is 22.6 Å². The molecule has 1 N–H and O–H groups in total. The van der Waals surface area contributed by atoms with Gasteiger partial charge in [0.25, 0.3) is 0 Å². The molecule has 1 aliphatic heterocycles. The van der Waals surface area contributed by atoms with Crippen molar-refractivity contribution in [3.05, 3.63) is 17.7 Å². The molecule has 0 bridgehead atoms. The van der Waals surface area contributed by atoms with Gasteiger partial charge in [-0.25, -0.2) is 13.1 Å². The summed E-state index contributed by atoms with van der Waals surface area (Å²) in [7, 11) is -3.69. The minimum Gasteiger partial charge on any atom is -0.494 e. The highest BCUT2D eigenvalue weighted by molar-refractivity contribution is 7.89. The maximum absolute atomic E-state index is 12.7. The molecule has 0 spiro atoms. The topological polar surface area (TPSA) is 73.9 Å². The van der Waals surface area contributed by atoms with Crippen molar-refractivity contribution in [3.63, 3.8) is 0 Å². The molecule has 2 rings (SSSR count). The quantitative estimate of drug-likeness (QED) is 0.784. The number of nitrogens with one attached hydrogen (secondary N) is 1. The van der Waals surface area contributed by atoms with Crippen LogP contribution in [0.5, 0.6) is 11.5 Å². The fourth-order valence-corrected chi connectivity index (χ4v) is 3.72. The third-order valence-electron chi connectivity index (χ3n) is 3.66. The Morgan fingerprint density at radius 3 is 2.52 bits per heavy atom. The van der Waals surface area contributed by atoms with Crippen LogP contribution in [0.2, 0.25) is 0 Å². The first-order valence-electron chi connectivity index (χ1n) is 7.99. The van der Waals surface area contributed by atoms with Gasteiger partial charge in [0.15, 0.2) is 0 Å². The molecule has 1 aromatic carbocycles. The van der Waals surface area contributed by atoms with Gasteiger partial charge in [-0.1, -0.05) is 0 Å². The summed E-state index contributed by atoms with van der Waals surface area (Å²) in [4.78, 5) is 0.103. The lowest BCUT2D eigenvalue weighted by Crippen LogP contribution is -2.32. The van der Waals surface area contributed by atoms with Crippen molar-refractivity contribution in [1.82, 2.24) is 4.72 Å². The second-order valence-electron chi connectivity index (χ2n) is 5.42. The number of ether oxygens (including phenoxy) is 3. The van der Waals surface area contributed by atoms with Crippen molar-refractivity contribution in [1.29, 1.82) is 0 Å². The second kappa shape index (κ2) is 7.99. The Balaban J connectivity index is 2.27. The lowest BCUT2D eigenvalue weighted by molar-refractivity contribution is 0.114. The Kier molecular flexibility index (Phi) is 6.26. The number of benzene rings is 1. The maximum atomic E-state index is 12.7. The van der Waals surface area contributed by atoms with E-state index in [0.29, 0.717) is 31.3 Å². The molecule has 1 unspecified atom stereocenters. The van der Waals surface area contributed by atoms with E-state index in [0.717, 1.165) is 18.4 Å². The van der Waals surface area contributed by atoms with Crippen molar-refractivity contribution >= 4 is 10.0 Å². The normalized spacial score (nSPS) is 18.1. The van der Waals surface area contributed by atoms with Crippen molar-refractivity contribution in [3.8, 4) is 11.5 Å². The molecule has 0 aromatic heterocycles. The maximum Gasteiger partial charge on any atom is 0.244 e. The van der Waals surface area contributed by atoms with Crippen molar-refractivity contribution in [2.24, 2.45) is 0 Å².